The van der Waals surface area contributed by atoms with Crippen molar-refractivity contribution in [3.05, 3.63) is 23.8 Å². The van der Waals surface area contributed by atoms with Crippen LogP contribution in [0.5, 0.6) is 11.5 Å². The Morgan fingerprint density at radius 3 is 2.70 bits per heavy atom. The molecule has 0 unspecified atom stereocenters. The van der Waals surface area contributed by atoms with Crippen LogP contribution in [0.4, 0.5) is 0 Å². The molecule has 0 bridgehead atoms. The van der Waals surface area contributed by atoms with E-state index in [1.54, 1.807) is 0 Å². The summed E-state index contributed by atoms with van der Waals surface area (Å²) in [5.74, 6) is 2.55. The quantitative estimate of drug-likeness (QED) is 0.697. The van der Waals surface area contributed by atoms with E-state index in [1.165, 1.54) is 24.8 Å². The second-order valence-electron chi connectivity index (χ2n) is 5.46. The summed E-state index contributed by atoms with van der Waals surface area (Å²) >= 11 is 0. The molecular weight excluding hydrogens is 250 g/mol. The Bertz CT molecular complexity index is 402. The molecule has 1 saturated carbocycles. The summed E-state index contributed by atoms with van der Waals surface area (Å²) in [5, 5.41) is 3.44. The highest BCUT2D eigenvalue weighted by molar-refractivity contribution is 5.46. The Labute approximate surface area is 122 Å². The normalized spacial score (nSPS) is 14.9. The van der Waals surface area contributed by atoms with Crippen molar-refractivity contribution in [3.8, 4) is 11.5 Å². The molecule has 0 spiro atoms. The lowest BCUT2D eigenvalue weighted by Gasteiger charge is -2.26. The van der Waals surface area contributed by atoms with Gasteiger partial charge in [0, 0.05) is 12.1 Å². The molecule has 0 heterocycles. The Balaban J connectivity index is 2.04. The van der Waals surface area contributed by atoms with E-state index in [1.807, 2.05) is 19.1 Å². The predicted molar refractivity (Wildman–Crippen MR) is 82.4 cm³/mol. The molecular formula is C17H27NO2. The molecule has 1 fully saturated rings. The van der Waals surface area contributed by atoms with E-state index >= 15 is 0 Å². The third kappa shape index (κ3) is 4.14. The van der Waals surface area contributed by atoms with Crippen molar-refractivity contribution in [2.45, 2.75) is 46.1 Å². The number of hydrogen-bond acceptors (Lipinski definition) is 3. The first-order valence-electron chi connectivity index (χ1n) is 7.93. The van der Waals surface area contributed by atoms with Gasteiger partial charge in [-0.25, -0.2) is 0 Å². The van der Waals surface area contributed by atoms with E-state index in [9.17, 15) is 0 Å². The molecule has 0 amide bonds. The van der Waals surface area contributed by atoms with Gasteiger partial charge < -0.3 is 14.8 Å². The fraction of sp³-hybridized carbons (Fsp3) is 0.647. The zero-order valence-electron chi connectivity index (χ0n) is 12.8. The highest BCUT2D eigenvalue weighted by atomic mass is 16.5. The van der Waals surface area contributed by atoms with E-state index in [2.05, 4.69) is 18.3 Å². The summed E-state index contributed by atoms with van der Waals surface area (Å²) in [6.07, 6.45) is 5.11. The zero-order valence-corrected chi connectivity index (χ0v) is 12.8. The van der Waals surface area contributed by atoms with E-state index in [0.29, 0.717) is 6.61 Å². The van der Waals surface area contributed by atoms with Gasteiger partial charge in [-0.2, -0.15) is 0 Å². The zero-order chi connectivity index (χ0) is 14.2. The van der Waals surface area contributed by atoms with Crippen LogP contribution in [0.3, 0.4) is 0 Å². The van der Waals surface area contributed by atoms with Crippen LogP contribution in [0, 0.1) is 5.92 Å². The predicted octanol–water partition coefficient (Wildman–Crippen LogP) is 3.76. The number of rotatable bonds is 9. The molecule has 0 atom stereocenters. The second-order valence-corrected chi connectivity index (χ2v) is 5.46. The Kier molecular flexibility index (Phi) is 6.19. The van der Waals surface area contributed by atoms with Crippen molar-refractivity contribution < 1.29 is 9.47 Å². The third-order valence-electron chi connectivity index (χ3n) is 3.79. The summed E-state index contributed by atoms with van der Waals surface area (Å²) in [4.78, 5) is 0. The van der Waals surface area contributed by atoms with Gasteiger partial charge in [-0.3, -0.25) is 0 Å². The van der Waals surface area contributed by atoms with Gasteiger partial charge >= 0.3 is 0 Å². The van der Waals surface area contributed by atoms with Crippen molar-refractivity contribution in [3.63, 3.8) is 0 Å². The van der Waals surface area contributed by atoms with Crippen molar-refractivity contribution in [1.82, 2.24) is 5.32 Å². The van der Waals surface area contributed by atoms with Gasteiger partial charge in [0.05, 0.1) is 13.2 Å². The van der Waals surface area contributed by atoms with Gasteiger partial charge in [0.25, 0.3) is 0 Å². The lowest BCUT2D eigenvalue weighted by molar-refractivity contribution is 0.172. The molecule has 3 heteroatoms. The molecule has 0 aromatic heterocycles. The van der Waals surface area contributed by atoms with Gasteiger partial charge in [-0.1, -0.05) is 25.5 Å². The minimum Gasteiger partial charge on any atom is -0.490 e. The highest BCUT2D eigenvalue weighted by Gasteiger charge is 2.20. The molecule has 20 heavy (non-hydrogen) atoms. The van der Waals surface area contributed by atoms with E-state index in [4.69, 9.17) is 9.47 Å². The molecule has 112 valence electrons. The molecule has 0 saturated heterocycles. The average molecular weight is 277 g/mol. The Hall–Kier alpha value is -1.22. The summed E-state index contributed by atoms with van der Waals surface area (Å²) < 4.78 is 11.8. The minimum atomic E-state index is 0.672. The van der Waals surface area contributed by atoms with E-state index in [-0.39, 0.29) is 0 Å². The van der Waals surface area contributed by atoms with Gasteiger partial charge in [0.15, 0.2) is 11.5 Å². The maximum Gasteiger partial charge on any atom is 0.165 e. The fourth-order valence-electron chi connectivity index (χ4n) is 2.39. The summed E-state index contributed by atoms with van der Waals surface area (Å²) in [7, 11) is 0. The lowest BCUT2D eigenvalue weighted by atomic mass is 9.86. The maximum atomic E-state index is 6.09. The van der Waals surface area contributed by atoms with Gasteiger partial charge in [-0.05, 0) is 44.7 Å². The maximum absolute atomic E-state index is 6.09. The summed E-state index contributed by atoms with van der Waals surface area (Å²) in [5.41, 5.74) is 1.20. The van der Waals surface area contributed by atoms with Gasteiger partial charge in [-0.15, -0.1) is 0 Å². The second kappa shape index (κ2) is 8.15. The Morgan fingerprint density at radius 2 is 2.05 bits per heavy atom. The van der Waals surface area contributed by atoms with E-state index < -0.39 is 0 Å². The standard InChI is InChI=1S/C17H27NO2/c1-3-11-18-12-15-9-6-10-16(19-4-2)17(15)20-13-14-7-5-8-14/h6,9-10,14,18H,3-5,7-8,11-13H2,1-2H3. The summed E-state index contributed by atoms with van der Waals surface area (Å²) in [6.45, 7) is 7.56. The van der Waals surface area contributed by atoms with Gasteiger partial charge in [0.1, 0.15) is 0 Å². The van der Waals surface area contributed by atoms with Crippen LogP contribution in [0.25, 0.3) is 0 Å². The van der Waals surface area contributed by atoms with Crippen molar-refractivity contribution in [2.75, 3.05) is 19.8 Å². The largest absolute Gasteiger partial charge is 0.490 e. The molecule has 1 aromatic carbocycles. The minimum absolute atomic E-state index is 0.672. The molecule has 2 rings (SSSR count). The summed E-state index contributed by atoms with van der Waals surface area (Å²) in [6, 6.07) is 6.17. The number of nitrogens with one attached hydrogen (secondary N) is 1. The monoisotopic (exact) mass is 277 g/mol. The number of hydrogen-bond donors (Lipinski definition) is 1. The molecule has 0 radical (unpaired) electrons. The van der Waals surface area contributed by atoms with Crippen LogP contribution in [0.2, 0.25) is 0 Å². The molecule has 1 N–H and O–H groups in total. The van der Waals surface area contributed by atoms with Crippen molar-refractivity contribution in [1.29, 1.82) is 0 Å². The number of benzene rings is 1. The first-order valence-corrected chi connectivity index (χ1v) is 7.93. The SMILES string of the molecule is CCCNCc1cccc(OCC)c1OCC1CCC1. The third-order valence-corrected chi connectivity index (χ3v) is 3.79. The first kappa shape index (κ1) is 15.2. The molecule has 3 nitrogen and oxygen atoms in total. The molecule has 1 aliphatic rings. The number of ether oxygens (including phenoxy) is 2. The Morgan fingerprint density at radius 1 is 1.20 bits per heavy atom. The topological polar surface area (TPSA) is 30.5 Å². The first-order chi connectivity index (χ1) is 9.85. The molecule has 1 aliphatic carbocycles. The van der Waals surface area contributed by atoms with Crippen LogP contribution >= 0.6 is 0 Å². The molecule has 1 aromatic rings. The lowest BCUT2D eigenvalue weighted by Crippen LogP contribution is -2.21. The van der Waals surface area contributed by atoms with Crippen LogP contribution in [0.1, 0.15) is 45.1 Å². The smallest absolute Gasteiger partial charge is 0.165 e. The van der Waals surface area contributed by atoms with Crippen LogP contribution in [-0.2, 0) is 6.54 Å². The van der Waals surface area contributed by atoms with Crippen LogP contribution in [-0.4, -0.2) is 19.8 Å². The number of para-hydroxylation sites is 1. The van der Waals surface area contributed by atoms with Crippen LogP contribution < -0.4 is 14.8 Å². The average Bonchev–Trinajstić information content (AvgIpc) is 2.40. The molecule has 0 aliphatic heterocycles. The van der Waals surface area contributed by atoms with E-state index in [0.717, 1.165) is 43.5 Å². The van der Waals surface area contributed by atoms with Crippen LogP contribution in [0.15, 0.2) is 18.2 Å². The van der Waals surface area contributed by atoms with Gasteiger partial charge in [0.2, 0.25) is 0 Å². The highest BCUT2D eigenvalue weighted by Crippen LogP contribution is 2.34. The van der Waals surface area contributed by atoms with Crippen molar-refractivity contribution in [2.24, 2.45) is 5.92 Å². The fourth-order valence-corrected chi connectivity index (χ4v) is 2.39. The van der Waals surface area contributed by atoms with Crippen molar-refractivity contribution >= 4 is 0 Å².